The van der Waals surface area contributed by atoms with Gasteiger partial charge in [0.25, 0.3) is 5.91 Å². The zero-order chi connectivity index (χ0) is 20.4. The maximum atomic E-state index is 15.2. The molecule has 9 nitrogen and oxygen atoms in total. The Morgan fingerprint density at radius 1 is 1.43 bits per heavy atom. The van der Waals surface area contributed by atoms with E-state index in [1.54, 1.807) is 0 Å². The number of hydrogen-bond donors (Lipinski definition) is 3. The second kappa shape index (κ2) is 8.31. The van der Waals surface area contributed by atoms with Crippen molar-refractivity contribution in [2.45, 2.75) is 19.4 Å². The zero-order valence-electron chi connectivity index (χ0n) is 15.8. The molecular weight excluding hydrogens is 389 g/mol. The number of halogens is 1. The number of benzene rings is 1. The molecule has 1 fully saturated rings. The second-order valence-electron chi connectivity index (χ2n) is 7.07. The van der Waals surface area contributed by atoms with Gasteiger partial charge in [0.2, 0.25) is 11.2 Å². The van der Waals surface area contributed by atoms with Gasteiger partial charge in [0.05, 0.1) is 6.54 Å². The predicted octanol–water partition coefficient (Wildman–Crippen LogP) is 0.0656. The van der Waals surface area contributed by atoms with Crippen LogP contribution in [0.1, 0.15) is 17.5 Å². The van der Waals surface area contributed by atoms with Gasteiger partial charge in [-0.05, 0) is 45.1 Å². The number of anilines is 1. The van der Waals surface area contributed by atoms with E-state index >= 15 is 4.39 Å². The Bertz CT molecular complexity index is 819. The number of nitrogens with zero attached hydrogens (tertiary/aromatic N) is 3. The summed E-state index contributed by atoms with van der Waals surface area (Å²) in [6.07, 6.45) is 1.20. The summed E-state index contributed by atoms with van der Waals surface area (Å²) in [4.78, 5) is 27.4. The minimum atomic E-state index is -1.95. The van der Waals surface area contributed by atoms with E-state index in [-0.39, 0.29) is 36.1 Å². The standard InChI is InChI=1S/C17H24FN5O4S/c1-21(2)6-3-5-19-17(26)22-7-4-11-8-13(24)16(15(18)12(11)9-22)23-10-14(25)20-28(23)27/h8,24H,3-7,9-10H2,1-2H3,(H,19,26)(H,20,25). The lowest BCUT2D eigenvalue weighted by Crippen LogP contribution is -2.43. The predicted molar refractivity (Wildman–Crippen MR) is 102 cm³/mol. The number of carbonyl (C=O) groups excluding carboxylic acids is 2. The maximum Gasteiger partial charge on any atom is 0.317 e. The number of rotatable bonds is 5. The van der Waals surface area contributed by atoms with Crippen LogP contribution in [0.4, 0.5) is 14.9 Å². The van der Waals surface area contributed by atoms with Crippen molar-refractivity contribution in [3.8, 4) is 5.75 Å². The number of phenolic OH excluding ortho intramolecular Hbond substituents is 1. The first-order valence-electron chi connectivity index (χ1n) is 8.97. The molecule has 1 saturated heterocycles. The summed E-state index contributed by atoms with van der Waals surface area (Å²) < 4.78 is 30.3. The summed E-state index contributed by atoms with van der Waals surface area (Å²) in [5, 5.41) is 13.0. The average Bonchev–Trinajstić information content (AvgIpc) is 2.96. The molecule has 0 bridgehead atoms. The lowest BCUT2D eigenvalue weighted by Gasteiger charge is -2.31. The van der Waals surface area contributed by atoms with E-state index in [1.807, 2.05) is 19.0 Å². The van der Waals surface area contributed by atoms with Crippen LogP contribution in [0.25, 0.3) is 0 Å². The molecular formula is C17H24FN5O4S. The summed E-state index contributed by atoms with van der Waals surface area (Å²) in [5.41, 5.74) is 0.571. The lowest BCUT2D eigenvalue weighted by molar-refractivity contribution is -0.117. The Balaban J connectivity index is 1.75. The number of amides is 3. The van der Waals surface area contributed by atoms with E-state index in [9.17, 15) is 18.9 Å². The molecule has 1 unspecified atom stereocenters. The van der Waals surface area contributed by atoms with Gasteiger partial charge in [-0.1, -0.05) is 0 Å². The molecule has 154 valence electrons. The molecule has 1 aromatic rings. The average molecular weight is 413 g/mol. The van der Waals surface area contributed by atoms with Crippen molar-refractivity contribution >= 4 is 28.8 Å². The molecule has 28 heavy (non-hydrogen) atoms. The number of fused-ring (bicyclic) bond motifs is 1. The van der Waals surface area contributed by atoms with Crippen LogP contribution >= 0.6 is 0 Å². The number of phenols is 1. The maximum absolute atomic E-state index is 15.2. The Morgan fingerprint density at radius 3 is 2.82 bits per heavy atom. The van der Waals surface area contributed by atoms with Crippen molar-refractivity contribution in [3.05, 3.63) is 23.0 Å². The van der Waals surface area contributed by atoms with E-state index in [2.05, 4.69) is 10.0 Å². The van der Waals surface area contributed by atoms with Gasteiger partial charge in [-0.15, -0.1) is 0 Å². The monoisotopic (exact) mass is 413 g/mol. The fraction of sp³-hybridized carbons (Fsp3) is 0.529. The van der Waals surface area contributed by atoms with Gasteiger partial charge in [-0.25, -0.2) is 13.4 Å². The van der Waals surface area contributed by atoms with E-state index < -0.39 is 22.9 Å². The molecule has 0 spiro atoms. The van der Waals surface area contributed by atoms with Crippen molar-refractivity contribution in [1.29, 1.82) is 0 Å². The van der Waals surface area contributed by atoms with Gasteiger partial charge >= 0.3 is 6.03 Å². The molecule has 0 aromatic heterocycles. The van der Waals surface area contributed by atoms with Crippen molar-refractivity contribution in [2.75, 3.05) is 44.6 Å². The second-order valence-corrected chi connectivity index (χ2v) is 8.21. The first-order valence-corrected chi connectivity index (χ1v) is 10.1. The summed E-state index contributed by atoms with van der Waals surface area (Å²) in [7, 11) is 3.91. The quantitative estimate of drug-likeness (QED) is 0.593. The van der Waals surface area contributed by atoms with Crippen LogP contribution in [0.5, 0.6) is 5.75 Å². The molecule has 0 aliphatic carbocycles. The minimum absolute atomic E-state index is 0.0375. The number of aromatic hydroxyl groups is 1. The Labute approximate surface area is 165 Å². The van der Waals surface area contributed by atoms with E-state index in [1.165, 1.54) is 11.0 Å². The van der Waals surface area contributed by atoms with Crippen molar-refractivity contribution in [2.24, 2.45) is 0 Å². The van der Waals surface area contributed by atoms with Gasteiger partial charge in [0.15, 0.2) is 5.82 Å². The number of hydrogen-bond acceptors (Lipinski definition) is 5. The van der Waals surface area contributed by atoms with E-state index in [0.29, 0.717) is 25.1 Å². The van der Waals surface area contributed by atoms with Crippen LogP contribution in [0, 0.1) is 5.82 Å². The molecule has 3 amide bonds. The van der Waals surface area contributed by atoms with Gasteiger partial charge in [-0.2, -0.15) is 0 Å². The molecule has 2 aliphatic heterocycles. The molecule has 11 heteroatoms. The first-order chi connectivity index (χ1) is 13.3. The highest BCUT2D eigenvalue weighted by atomic mass is 32.2. The number of urea groups is 1. The van der Waals surface area contributed by atoms with Gasteiger partial charge < -0.3 is 20.2 Å². The van der Waals surface area contributed by atoms with Crippen LogP contribution < -0.4 is 14.3 Å². The molecule has 3 rings (SSSR count). The molecule has 2 aliphatic rings. The summed E-state index contributed by atoms with van der Waals surface area (Å²) in [6.45, 7) is 1.49. The SMILES string of the molecule is CN(C)CCCNC(=O)N1CCc2cc(O)c(N3CC(=O)NS3=O)c(F)c2C1. The normalized spacial score (nSPS) is 19.0. The molecule has 0 radical (unpaired) electrons. The van der Waals surface area contributed by atoms with Gasteiger partial charge in [0, 0.05) is 18.7 Å². The van der Waals surface area contributed by atoms with Crippen molar-refractivity contribution in [3.63, 3.8) is 0 Å². The summed E-state index contributed by atoms with van der Waals surface area (Å²) >= 11 is -1.95. The summed E-state index contributed by atoms with van der Waals surface area (Å²) in [5.74, 6) is -1.65. The smallest absolute Gasteiger partial charge is 0.317 e. The number of nitrogens with one attached hydrogen (secondary N) is 2. The van der Waals surface area contributed by atoms with Crippen LogP contribution in [0.3, 0.4) is 0 Å². The fourth-order valence-electron chi connectivity index (χ4n) is 3.28. The third-order valence-corrected chi connectivity index (χ3v) is 5.81. The van der Waals surface area contributed by atoms with Crippen LogP contribution in [-0.4, -0.2) is 71.3 Å². The molecule has 1 aromatic carbocycles. The Hall–Kier alpha value is -2.40. The summed E-state index contributed by atoms with van der Waals surface area (Å²) in [6, 6.07) is 1.14. The highest BCUT2D eigenvalue weighted by Gasteiger charge is 2.34. The van der Waals surface area contributed by atoms with Crippen molar-refractivity contribution in [1.82, 2.24) is 19.8 Å². The minimum Gasteiger partial charge on any atom is -0.506 e. The van der Waals surface area contributed by atoms with Crippen LogP contribution in [-0.2, 0) is 28.9 Å². The molecule has 0 saturated carbocycles. The molecule has 2 heterocycles. The number of carbonyl (C=O) groups is 2. The highest BCUT2D eigenvalue weighted by Crippen LogP contribution is 2.38. The third kappa shape index (κ3) is 4.20. The first kappa shape index (κ1) is 20.3. The highest BCUT2D eigenvalue weighted by molar-refractivity contribution is 7.85. The van der Waals surface area contributed by atoms with Crippen molar-refractivity contribution < 1.29 is 23.3 Å². The van der Waals surface area contributed by atoms with E-state index in [0.717, 1.165) is 17.3 Å². The van der Waals surface area contributed by atoms with E-state index in [4.69, 9.17) is 0 Å². The Kier molecular flexibility index (Phi) is 6.04. The topological polar surface area (TPSA) is 105 Å². The van der Waals surface area contributed by atoms with Crippen LogP contribution in [0.2, 0.25) is 0 Å². The lowest BCUT2D eigenvalue weighted by atomic mass is 9.97. The largest absolute Gasteiger partial charge is 0.506 e. The van der Waals surface area contributed by atoms with Gasteiger partial charge in [-0.3, -0.25) is 13.8 Å². The third-order valence-electron chi connectivity index (χ3n) is 4.70. The Morgan fingerprint density at radius 2 is 2.18 bits per heavy atom. The molecule has 3 N–H and O–H groups in total. The van der Waals surface area contributed by atoms with Crippen LogP contribution in [0.15, 0.2) is 6.07 Å². The fourth-order valence-corrected chi connectivity index (χ4v) is 4.23. The van der Waals surface area contributed by atoms with Gasteiger partial charge in [0.1, 0.15) is 18.0 Å². The molecule has 1 atom stereocenters. The zero-order valence-corrected chi connectivity index (χ0v) is 16.6.